The number of nitrogens with zero attached hydrogens (tertiary/aromatic N) is 3. The molecule has 2 aromatic rings. The fourth-order valence-electron chi connectivity index (χ4n) is 6.25. The highest BCUT2D eigenvalue weighted by molar-refractivity contribution is 5.81. The Morgan fingerprint density at radius 3 is 2.48 bits per heavy atom. The number of carbonyl (C=O) groups excluding carboxylic acids is 2. The number of hydrogen-bond acceptors (Lipinski definition) is 13. The van der Waals surface area contributed by atoms with Gasteiger partial charge in [-0.05, 0) is 49.9 Å². The number of aliphatic hydroxyl groups is 1. The summed E-state index contributed by atoms with van der Waals surface area (Å²) in [5.74, 6) is -0.203. The van der Waals surface area contributed by atoms with Gasteiger partial charge >= 0.3 is 5.97 Å². The first-order valence-corrected chi connectivity index (χ1v) is 17.4. The van der Waals surface area contributed by atoms with E-state index >= 15 is 0 Å². The zero-order valence-corrected chi connectivity index (χ0v) is 29.6. The maximum Gasteiger partial charge on any atom is 0.306 e. The van der Waals surface area contributed by atoms with Gasteiger partial charge in [0.15, 0.2) is 25.0 Å². The number of Topliss-reactive ketones (excluding diaryl/α,β-unsaturated/α-hetero) is 1. The molecule has 282 valence electrons. The molecule has 1 unspecified atom stereocenters. The van der Waals surface area contributed by atoms with Gasteiger partial charge in [0.2, 0.25) is 0 Å². The molecule has 0 radical (unpaired) electrons. The molecule has 3 fully saturated rings. The average Bonchev–Trinajstić information content (AvgIpc) is 3.15. The number of aliphatic hydroxyl groups excluding tert-OH is 1. The molecule has 0 aliphatic carbocycles. The summed E-state index contributed by atoms with van der Waals surface area (Å²) in [5.41, 5.74) is 10.9. The lowest BCUT2D eigenvalue weighted by Gasteiger charge is -2.50. The fourth-order valence-corrected chi connectivity index (χ4v) is 6.25. The molecule has 3 aliphatic heterocycles. The van der Waals surface area contributed by atoms with E-state index in [2.05, 4.69) is 16.6 Å². The molecule has 52 heavy (non-hydrogen) atoms. The van der Waals surface area contributed by atoms with Crippen LogP contribution in [0.4, 0.5) is 0 Å². The molecule has 0 spiro atoms. The SMILES string of the molecule is C=CCCCO[C@@H]1O[C@@H](C)[C@@H](O[C@@H]2O[C@@H]3COC(c4ccc(OC)cc4)O[C@H]3[C@H](OCc3ccccc3)[C@H]2OC(=O)CCC(C)=O)[C@@H](O)[C@@H]1N=[N+]=[N-]. The summed E-state index contributed by atoms with van der Waals surface area (Å²) in [6.07, 6.45) is -7.41. The van der Waals surface area contributed by atoms with Crippen LogP contribution in [-0.2, 0) is 54.1 Å². The van der Waals surface area contributed by atoms with E-state index in [0.29, 0.717) is 18.6 Å². The van der Waals surface area contributed by atoms with Gasteiger partial charge in [-0.2, -0.15) is 0 Å². The fraction of sp³-hybridized carbons (Fsp3) is 0.568. The number of unbranched alkanes of at least 4 members (excludes halogenated alkanes) is 1. The number of methoxy groups -OCH3 is 1. The molecule has 0 saturated carbocycles. The third-order valence-electron chi connectivity index (χ3n) is 8.99. The van der Waals surface area contributed by atoms with Crippen LogP contribution in [0, 0.1) is 0 Å². The second kappa shape index (κ2) is 19.3. The van der Waals surface area contributed by atoms with E-state index in [0.717, 1.165) is 11.1 Å². The van der Waals surface area contributed by atoms with Crippen LogP contribution in [0.25, 0.3) is 10.4 Å². The summed E-state index contributed by atoms with van der Waals surface area (Å²) < 4.78 is 55.2. The topological polar surface area (TPSA) is 186 Å². The number of fused-ring (bicyclic) bond motifs is 1. The van der Waals surface area contributed by atoms with E-state index in [1.807, 2.05) is 42.5 Å². The van der Waals surface area contributed by atoms with Gasteiger partial charge in [-0.25, -0.2) is 0 Å². The van der Waals surface area contributed by atoms with Gasteiger partial charge in [0.25, 0.3) is 0 Å². The molecule has 0 amide bonds. The van der Waals surface area contributed by atoms with Crippen molar-refractivity contribution in [1.82, 2.24) is 0 Å². The minimum Gasteiger partial charge on any atom is -0.497 e. The Kier molecular flexibility index (Phi) is 14.6. The maximum absolute atomic E-state index is 13.3. The lowest BCUT2D eigenvalue weighted by molar-refractivity contribution is -0.383. The van der Waals surface area contributed by atoms with Crippen LogP contribution in [0.1, 0.15) is 56.9 Å². The van der Waals surface area contributed by atoms with Crippen LogP contribution >= 0.6 is 0 Å². The van der Waals surface area contributed by atoms with Gasteiger partial charge in [0.1, 0.15) is 42.0 Å². The first kappa shape index (κ1) is 39.3. The highest BCUT2D eigenvalue weighted by Crippen LogP contribution is 2.39. The largest absolute Gasteiger partial charge is 0.497 e. The van der Waals surface area contributed by atoms with Crippen LogP contribution in [0.15, 0.2) is 72.4 Å². The summed E-state index contributed by atoms with van der Waals surface area (Å²) in [6, 6.07) is 15.5. The zero-order valence-electron chi connectivity index (χ0n) is 29.6. The number of rotatable bonds is 17. The lowest BCUT2D eigenvalue weighted by Crippen LogP contribution is -2.66. The van der Waals surface area contributed by atoms with E-state index in [1.165, 1.54) is 6.92 Å². The molecule has 2 aromatic carbocycles. The van der Waals surface area contributed by atoms with Crippen molar-refractivity contribution in [3.8, 4) is 5.75 Å². The number of carbonyl (C=O) groups is 2. The Morgan fingerprint density at radius 2 is 1.79 bits per heavy atom. The Labute approximate surface area is 302 Å². The smallest absolute Gasteiger partial charge is 0.306 e. The molecule has 1 N–H and O–H groups in total. The Morgan fingerprint density at radius 1 is 1.02 bits per heavy atom. The molecule has 5 rings (SSSR count). The lowest BCUT2D eigenvalue weighted by atomic mass is 9.95. The van der Waals surface area contributed by atoms with Gasteiger partial charge in [-0.1, -0.05) is 53.7 Å². The molecular weight excluding hydrogens is 678 g/mol. The normalized spacial score (nSPS) is 31.4. The number of benzene rings is 2. The predicted molar refractivity (Wildman–Crippen MR) is 184 cm³/mol. The van der Waals surface area contributed by atoms with Crippen LogP contribution in [0.2, 0.25) is 0 Å². The summed E-state index contributed by atoms with van der Waals surface area (Å²) in [6.45, 7) is 7.22. The molecule has 3 heterocycles. The van der Waals surface area contributed by atoms with Crippen molar-refractivity contribution in [2.45, 2.75) is 114 Å². The summed E-state index contributed by atoms with van der Waals surface area (Å²) in [5, 5.41) is 15.3. The highest BCUT2D eigenvalue weighted by atomic mass is 16.8. The summed E-state index contributed by atoms with van der Waals surface area (Å²) >= 11 is 0. The van der Waals surface area contributed by atoms with Gasteiger partial charge in [-0.15, -0.1) is 6.58 Å². The van der Waals surface area contributed by atoms with Crippen LogP contribution in [0.3, 0.4) is 0 Å². The standard InChI is InChI=1S/C37H47N3O12/c1-5-6-10-19-45-36-29(39-40-38)30(43)31(23(3)48-36)51-37-34(50-28(42)18-13-22(2)41)33(46-20-24-11-8-7-9-12-24)32-27(49-37)21-47-35(52-32)25-14-16-26(44-4)17-15-25/h5,7-9,11-12,14-17,23,27,29-37,43H,1,6,10,13,18-21H2,2-4H3/t23-,27+,29-,30-,31+,32+,33-,34+,35?,36+,37-/m0/s1. The van der Waals surface area contributed by atoms with Crippen molar-refractivity contribution in [1.29, 1.82) is 0 Å². The van der Waals surface area contributed by atoms with E-state index in [1.54, 1.807) is 32.2 Å². The van der Waals surface area contributed by atoms with Gasteiger partial charge < -0.3 is 52.5 Å². The van der Waals surface area contributed by atoms with Crippen LogP contribution in [0.5, 0.6) is 5.75 Å². The van der Waals surface area contributed by atoms with Crippen LogP contribution < -0.4 is 4.74 Å². The van der Waals surface area contributed by atoms with Gasteiger partial charge in [0, 0.05) is 16.9 Å². The Balaban J connectivity index is 1.44. The second-order valence-electron chi connectivity index (χ2n) is 12.8. The molecule has 15 nitrogen and oxygen atoms in total. The average molecular weight is 726 g/mol. The number of allylic oxidation sites excluding steroid dienone is 1. The van der Waals surface area contributed by atoms with Crippen molar-refractivity contribution in [3.63, 3.8) is 0 Å². The third kappa shape index (κ3) is 10.2. The number of esters is 1. The van der Waals surface area contributed by atoms with Crippen molar-refractivity contribution in [3.05, 3.63) is 88.8 Å². The number of azide groups is 1. The van der Waals surface area contributed by atoms with Gasteiger partial charge in [0.05, 0.1) is 45.6 Å². The Hall–Kier alpha value is -3.89. The molecule has 3 aliphatic rings. The molecule has 0 bridgehead atoms. The number of hydrogen-bond donors (Lipinski definition) is 1. The molecule has 15 heteroatoms. The minimum atomic E-state index is -1.40. The molecular formula is C37H47N3O12. The second-order valence-corrected chi connectivity index (χ2v) is 12.8. The van der Waals surface area contributed by atoms with E-state index in [4.69, 9.17) is 42.6 Å². The third-order valence-corrected chi connectivity index (χ3v) is 8.99. The number of ketones is 1. The molecule has 11 atom stereocenters. The monoisotopic (exact) mass is 725 g/mol. The van der Waals surface area contributed by atoms with Crippen molar-refractivity contribution in [2.75, 3.05) is 20.3 Å². The van der Waals surface area contributed by atoms with Crippen molar-refractivity contribution < 1.29 is 57.3 Å². The van der Waals surface area contributed by atoms with E-state index in [-0.39, 0.29) is 38.4 Å². The van der Waals surface area contributed by atoms with Crippen molar-refractivity contribution in [2.24, 2.45) is 5.11 Å². The first-order chi connectivity index (χ1) is 25.2. The number of ether oxygens (including phenoxy) is 9. The van der Waals surface area contributed by atoms with E-state index < -0.39 is 73.6 Å². The summed E-state index contributed by atoms with van der Waals surface area (Å²) in [7, 11) is 1.57. The molecule has 0 aromatic heterocycles. The van der Waals surface area contributed by atoms with Crippen LogP contribution in [-0.4, -0.2) is 98.5 Å². The maximum atomic E-state index is 13.3. The van der Waals surface area contributed by atoms with E-state index in [9.17, 15) is 20.2 Å². The molecule has 3 saturated heterocycles. The Bertz CT molecular complexity index is 1510. The predicted octanol–water partition coefficient (Wildman–Crippen LogP) is 4.85. The first-order valence-electron chi connectivity index (χ1n) is 17.4. The van der Waals surface area contributed by atoms with Gasteiger partial charge in [-0.3, -0.25) is 4.79 Å². The summed E-state index contributed by atoms with van der Waals surface area (Å²) in [4.78, 5) is 27.9. The minimum absolute atomic E-state index is 0.0301. The quantitative estimate of drug-likeness (QED) is 0.0584. The highest BCUT2D eigenvalue weighted by Gasteiger charge is 2.55. The van der Waals surface area contributed by atoms with Crippen molar-refractivity contribution >= 4 is 11.8 Å². The zero-order chi connectivity index (χ0) is 37.0.